The van der Waals surface area contributed by atoms with Crippen molar-refractivity contribution in [3.63, 3.8) is 0 Å². The van der Waals surface area contributed by atoms with E-state index in [0.717, 1.165) is 26.3 Å². The lowest BCUT2D eigenvalue weighted by Gasteiger charge is -2.32. The van der Waals surface area contributed by atoms with Gasteiger partial charge in [-0.1, -0.05) is 12.1 Å². The van der Waals surface area contributed by atoms with Crippen LogP contribution in [0, 0.1) is 5.82 Å². The summed E-state index contributed by atoms with van der Waals surface area (Å²) >= 11 is 0. The second-order valence-electron chi connectivity index (χ2n) is 3.88. The van der Waals surface area contributed by atoms with Crippen LogP contribution in [-0.4, -0.2) is 31.2 Å². The molecule has 0 aliphatic carbocycles. The summed E-state index contributed by atoms with van der Waals surface area (Å²) in [6.45, 7) is 5.66. The summed E-state index contributed by atoms with van der Waals surface area (Å²) in [6, 6.07) is 7.10. The van der Waals surface area contributed by atoms with Crippen LogP contribution < -0.4 is 0 Å². The lowest BCUT2D eigenvalue weighted by atomic mass is 10.1. The fraction of sp³-hybridized carbons (Fsp3) is 0.500. The average Bonchev–Trinajstić information content (AvgIpc) is 2.30. The zero-order valence-corrected chi connectivity index (χ0v) is 8.95. The molecule has 0 saturated carbocycles. The molecule has 1 aromatic carbocycles. The lowest BCUT2D eigenvalue weighted by molar-refractivity contribution is 0.0198. The Balaban J connectivity index is 2.05. The third-order valence-electron chi connectivity index (χ3n) is 2.95. The molecule has 1 fully saturated rings. The molecular weight excluding hydrogens is 193 g/mol. The molecule has 0 amide bonds. The highest BCUT2D eigenvalue weighted by atomic mass is 19.1. The Bertz CT molecular complexity index is 306. The van der Waals surface area contributed by atoms with Crippen molar-refractivity contribution in [2.45, 2.75) is 13.0 Å². The van der Waals surface area contributed by atoms with Crippen LogP contribution in [-0.2, 0) is 4.74 Å². The highest BCUT2D eigenvalue weighted by molar-refractivity contribution is 5.19. The van der Waals surface area contributed by atoms with Crippen molar-refractivity contribution >= 4 is 0 Å². The molecule has 0 bridgehead atoms. The van der Waals surface area contributed by atoms with Gasteiger partial charge in [0, 0.05) is 19.1 Å². The Hall–Kier alpha value is -0.930. The maximum atomic E-state index is 12.8. The fourth-order valence-corrected chi connectivity index (χ4v) is 1.92. The molecule has 0 radical (unpaired) electrons. The van der Waals surface area contributed by atoms with Gasteiger partial charge in [0.05, 0.1) is 13.2 Å². The molecular formula is C12H16FNO. The molecule has 0 aromatic heterocycles. The van der Waals surface area contributed by atoms with Crippen molar-refractivity contribution in [3.05, 3.63) is 35.6 Å². The van der Waals surface area contributed by atoms with Gasteiger partial charge in [0.2, 0.25) is 0 Å². The van der Waals surface area contributed by atoms with Gasteiger partial charge in [0.15, 0.2) is 0 Å². The van der Waals surface area contributed by atoms with Crippen molar-refractivity contribution in [2.24, 2.45) is 0 Å². The SMILES string of the molecule is CC(c1ccc(F)cc1)N1CCOCC1. The van der Waals surface area contributed by atoms with Gasteiger partial charge >= 0.3 is 0 Å². The second kappa shape index (κ2) is 4.73. The highest BCUT2D eigenvalue weighted by Crippen LogP contribution is 2.20. The monoisotopic (exact) mass is 209 g/mol. The Labute approximate surface area is 89.7 Å². The molecule has 1 saturated heterocycles. The lowest BCUT2D eigenvalue weighted by Crippen LogP contribution is -2.37. The van der Waals surface area contributed by atoms with E-state index >= 15 is 0 Å². The van der Waals surface area contributed by atoms with Gasteiger partial charge in [0.25, 0.3) is 0 Å². The molecule has 1 aromatic rings. The minimum Gasteiger partial charge on any atom is -0.379 e. The van der Waals surface area contributed by atoms with Crippen molar-refractivity contribution in [2.75, 3.05) is 26.3 Å². The van der Waals surface area contributed by atoms with E-state index in [4.69, 9.17) is 4.74 Å². The van der Waals surface area contributed by atoms with Crippen LogP contribution in [0.1, 0.15) is 18.5 Å². The molecule has 3 heteroatoms. The predicted octanol–water partition coefficient (Wildman–Crippen LogP) is 2.22. The summed E-state index contributed by atoms with van der Waals surface area (Å²) in [5.74, 6) is -0.173. The number of benzene rings is 1. The molecule has 15 heavy (non-hydrogen) atoms. The van der Waals surface area contributed by atoms with E-state index in [2.05, 4.69) is 11.8 Å². The maximum Gasteiger partial charge on any atom is 0.123 e. The molecule has 1 heterocycles. The number of halogens is 1. The van der Waals surface area contributed by atoms with E-state index in [1.165, 1.54) is 17.7 Å². The normalized spacial score (nSPS) is 20.1. The van der Waals surface area contributed by atoms with Gasteiger partial charge in [-0.25, -0.2) is 4.39 Å². The van der Waals surface area contributed by atoms with Crippen LogP contribution in [0.15, 0.2) is 24.3 Å². The minimum absolute atomic E-state index is 0.173. The largest absolute Gasteiger partial charge is 0.379 e. The third-order valence-corrected chi connectivity index (χ3v) is 2.95. The van der Waals surface area contributed by atoms with Crippen LogP contribution in [0.25, 0.3) is 0 Å². The van der Waals surface area contributed by atoms with Crippen LogP contribution >= 0.6 is 0 Å². The molecule has 1 aliphatic rings. The van der Waals surface area contributed by atoms with Gasteiger partial charge in [0.1, 0.15) is 5.82 Å². The van der Waals surface area contributed by atoms with Crippen LogP contribution in [0.4, 0.5) is 4.39 Å². The van der Waals surface area contributed by atoms with Gasteiger partial charge in [-0.2, -0.15) is 0 Å². The molecule has 1 unspecified atom stereocenters. The van der Waals surface area contributed by atoms with Crippen molar-refractivity contribution < 1.29 is 9.13 Å². The van der Waals surface area contributed by atoms with Crippen molar-refractivity contribution in [1.29, 1.82) is 0 Å². The van der Waals surface area contributed by atoms with E-state index in [1.807, 2.05) is 12.1 Å². The Kier molecular flexibility index (Phi) is 3.34. The van der Waals surface area contributed by atoms with Gasteiger partial charge in [-0.3, -0.25) is 4.90 Å². The molecule has 82 valence electrons. The van der Waals surface area contributed by atoms with E-state index < -0.39 is 0 Å². The zero-order chi connectivity index (χ0) is 10.7. The fourth-order valence-electron chi connectivity index (χ4n) is 1.92. The number of hydrogen-bond donors (Lipinski definition) is 0. The summed E-state index contributed by atoms with van der Waals surface area (Å²) in [6.07, 6.45) is 0. The molecule has 1 atom stereocenters. The smallest absolute Gasteiger partial charge is 0.123 e. The molecule has 0 N–H and O–H groups in total. The minimum atomic E-state index is -0.173. The van der Waals surface area contributed by atoms with Gasteiger partial charge in [-0.05, 0) is 24.6 Å². The Morgan fingerprint density at radius 2 is 1.80 bits per heavy atom. The Morgan fingerprint density at radius 1 is 1.20 bits per heavy atom. The first-order valence-corrected chi connectivity index (χ1v) is 5.34. The molecule has 0 spiro atoms. The molecule has 2 rings (SSSR count). The Morgan fingerprint density at radius 3 is 2.40 bits per heavy atom. The molecule has 1 aliphatic heterocycles. The van der Waals surface area contributed by atoms with E-state index in [9.17, 15) is 4.39 Å². The highest BCUT2D eigenvalue weighted by Gasteiger charge is 2.17. The number of nitrogens with zero attached hydrogens (tertiary/aromatic N) is 1. The second-order valence-corrected chi connectivity index (χ2v) is 3.88. The first-order valence-electron chi connectivity index (χ1n) is 5.34. The topological polar surface area (TPSA) is 12.5 Å². The van der Waals surface area contributed by atoms with Crippen molar-refractivity contribution in [1.82, 2.24) is 4.90 Å². The number of ether oxygens (including phenoxy) is 1. The molecule has 2 nitrogen and oxygen atoms in total. The van der Waals surface area contributed by atoms with Gasteiger partial charge < -0.3 is 4.74 Å². The first kappa shape index (κ1) is 10.6. The summed E-state index contributed by atoms with van der Waals surface area (Å²) in [5, 5.41) is 0. The van der Waals surface area contributed by atoms with E-state index in [-0.39, 0.29) is 5.82 Å². The zero-order valence-electron chi connectivity index (χ0n) is 8.95. The number of morpholine rings is 1. The summed E-state index contributed by atoms with van der Waals surface area (Å²) in [5.41, 5.74) is 1.17. The van der Waals surface area contributed by atoms with Crippen LogP contribution in [0.2, 0.25) is 0 Å². The average molecular weight is 209 g/mol. The van der Waals surface area contributed by atoms with Crippen LogP contribution in [0.5, 0.6) is 0 Å². The summed E-state index contributed by atoms with van der Waals surface area (Å²) < 4.78 is 18.1. The van der Waals surface area contributed by atoms with E-state index in [1.54, 1.807) is 0 Å². The third kappa shape index (κ3) is 2.55. The van der Waals surface area contributed by atoms with Gasteiger partial charge in [-0.15, -0.1) is 0 Å². The quantitative estimate of drug-likeness (QED) is 0.740. The predicted molar refractivity (Wildman–Crippen MR) is 57.2 cm³/mol. The number of rotatable bonds is 2. The summed E-state index contributed by atoms with van der Waals surface area (Å²) in [4.78, 5) is 2.36. The maximum absolute atomic E-state index is 12.8. The standard InChI is InChI=1S/C12H16FNO/c1-10(14-6-8-15-9-7-14)11-2-4-12(13)5-3-11/h2-5,10H,6-9H2,1H3. The van der Waals surface area contributed by atoms with E-state index in [0.29, 0.717) is 6.04 Å². The summed E-state index contributed by atoms with van der Waals surface area (Å²) in [7, 11) is 0. The van der Waals surface area contributed by atoms with Crippen molar-refractivity contribution in [3.8, 4) is 0 Å². The van der Waals surface area contributed by atoms with Crippen LogP contribution in [0.3, 0.4) is 0 Å². The first-order chi connectivity index (χ1) is 7.27. The number of hydrogen-bond acceptors (Lipinski definition) is 2.